The number of anilines is 1. The Labute approximate surface area is 137 Å². The number of nitro benzene ring substituents is 3. The van der Waals surface area contributed by atoms with Gasteiger partial charge >= 0.3 is 5.69 Å². The van der Waals surface area contributed by atoms with Crippen molar-refractivity contribution >= 4 is 28.7 Å². The molecule has 2 aromatic rings. The van der Waals surface area contributed by atoms with E-state index >= 15 is 0 Å². The molecule has 0 saturated carbocycles. The number of aromatic hydroxyl groups is 1. The third-order valence-corrected chi connectivity index (χ3v) is 3.06. The zero-order valence-corrected chi connectivity index (χ0v) is 12.1. The van der Waals surface area contributed by atoms with Crippen molar-refractivity contribution in [3.05, 3.63) is 72.3 Å². The lowest BCUT2D eigenvalue weighted by atomic mass is 10.1. The minimum atomic E-state index is -1.06. The van der Waals surface area contributed by atoms with Gasteiger partial charge in [-0.1, -0.05) is 0 Å². The average Bonchev–Trinajstić information content (AvgIpc) is 2.54. The summed E-state index contributed by atoms with van der Waals surface area (Å²) in [6, 6.07) is 5.80. The number of benzene rings is 2. The number of phenols is 1. The molecule has 25 heavy (non-hydrogen) atoms. The van der Waals surface area contributed by atoms with Gasteiger partial charge < -0.3 is 10.4 Å². The molecule has 0 atom stereocenters. The summed E-state index contributed by atoms with van der Waals surface area (Å²) in [4.78, 5) is 41.7. The second-order valence-electron chi connectivity index (χ2n) is 4.63. The van der Waals surface area contributed by atoms with Gasteiger partial charge in [-0.2, -0.15) is 0 Å². The molecule has 0 spiro atoms. The molecule has 1 amide bonds. The summed E-state index contributed by atoms with van der Waals surface area (Å²) in [5.74, 6) is -2.09. The first-order valence-corrected chi connectivity index (χ1v) is 6.42. The summed E-state index contributed by atoms with van der Waals surface area (Å²) in [7, 11) is 0. The van der Waals surface area contributed by atoms with Crippen molar-refractivity contribution in [1.29, 1.82) is 0 Å². The third kappa shape index (κ3) is 3.64. The number of carbonyl (C=O) groups excluding carboxylic acids is 1. The fraction of sp³-hybridized carbons (Fsp3) is 0. The van der Waals surface area contributed by atoms with Crippen LogP contribution in [0.4, 0.5) is 22.7 Å². The van der Waals surface area contributed by atoms with E-state index < -0.39 is 43.4 Å². The van der Waals surface area contributed by atoms with E-state index in [2.05, 4.69) is 5.32 Å². The lowest BCUT2D eigenvalue weighted by Gasteiger charge is -2.07. The number of non-ortho nitro benzene ring substituents is 2. The maximum Gasteiger partial charge on any atom is 0.318 e. The van der Waals surface area contributed by atoms with E-state index in [0.717, 1.165) is 12.1 Å². The number of nitrogens with one attached hydrogen (secondary N) is 1. The topological polar surface area (TPSA) is 179 Å². The van der Waals surface area contributed by atoms with E-state index in [4.69, 9.17) is 0 Å². The monoisotopic (exact) mass is 348 g/mol. The zero-order valence-electron chi connectivity index (χ0n) is 12.1. The Morgan fingerprint density at radius 1 is 0.880 bits per heavy atom. The normalized spacial score (nSPS) is 10.1. The van der Waals surface area contributed by atoms with Crippen LogP contribution in [0.25, 0.3) is 0 Å². The average molecular weight is 348 g/mol. The van der Waals surface area contributed by atoms with Gasteiger partial charge in [-0.15, -0.1) is 0 Å². The van der Waals surface area contributed by atoms with Crippen LogP contribution in [0.15, 0.2) is 36.4 Å². The van der Waals surface area contributed by atoms with Crippen molar-refractivity contribution in [2.75, 3.05) is 5.32 Å². The number of hydrogen-bond donors (Lipinski definition) is 2. The minimum absolute atomic E-state index is 0.0872. The van der Waals surface area contributed by atoms with Gasteiger partial charge in [0.1, 0.15) is 0 Å². The van der Waals surface area contributed by atoms with Gasteiger partial charge in [-0.25, -0.2) is 0 Å². The van der Waals surface area contributed by atoms with E-state index in [1.54, 1.807) is 0 Å². The lowest BCUT2D eigenvalue weighted by molar-refractivity contribution is -0.394. The summed E-state index contributed by atoms with van der Waals surface area (Å²) in [5, 5.41) is 44.3. The molecule has 0 saturated heterocycles. The molecule has 2 rings (SSSR count). The first-order chi connectivity index (χ1) is 11.7. The lowest BCUT2D eigenvalue weighted by Crippen LogP contribution is -2.13. The zero-order chi connectivity index (χ0) is 18.7. The molecular formula is C13H8N4O8. The number of nitrogens with zero attached hydrogens (tertiary/aromatic N) is 3. The van der Waals surface area contributed by atoms with Gasteiger partial charge in [-0.05, 0) is 12.1 Å². The highest BCUT2D eigenvalue weighted by Crippen LogP contribution is 2.34. The largest absolute Gasteiger partial charge is 0.502 e. The van der Waals surface area contributed by atoms with Gasteiger partial charge in [0.15, 0.2) is 0 Å². The number of hydrogen-bond acceptors (Lipinski definition) is 8. The van der Waals surface area contributed by atoms with E-state index in [1.165, 1.54) is 12.1 Å². The second-order valence-corrected chi connectivity index (χ2v) is 4.63. The maximum absolute atomic E-state index is 12.2. The van der Waals surface area contributed by atoms with Crippen molar-refractivity contribution in [1.82, 2.24) is 0 Å². The first kappa shape index (κ1) is 17.3. The van der Waals surface area contributed by atoms with Crippen molar-refractivity contribution in [2.24, 2.45) is 0 Å². The molecule has 0 aromatic heterocycles. The van der Waals surface area contributed by atoms with Crippen LogP contribution in [0.1, 0.15) is 10.4 Å². The van der Waals surface area contributed by atoms with Gasteiger partial charge in [0.05, 0.1) is 26.4 Å². The van der Waals surface area contributed by atoms with Crippen LogP contribution >= 0.6 is 0 Å². The molecule has 2 aromatic carbocycles. The maximum atomic E-state index is 12.2. The number of nitro groups is 3. The van der Waals surface area contributed by atoms with E-state index in [-0.39, 0.29) is 11.4 Å². The van der Waals surface area contributed by atoms with Crippen LogP contribution < -0.4 is 5.32 Å². The van der Waals surface area contributed by atoms with Crippen LogP contribution in [0.3, 0.4) is 0 Å². The van der Waals surface area contributed by atoms with Crippen molar-refractivity contribution in [2.45, 2.75) is 0 Å². The van der Waals surface area contributed by atoms with Gasteiger partial charge in [0.25, 0.3) is 17.3 Å². The highest BCUT2D eigenvalue weighted by atomic mass is 16.6. The Bertz CT molecular complexity index is 894. The molecule has 0 fully saturated rings. The van der Waals surface area contributed by atoms with Crippen LogP contribution in [-0.2, 0) is 0 Å². The van der Waals surface area contributed by atoms with Crippen molar-refractivity contribution in [3.8, 4) is 5.75 Å². The molecule has 2 N–H and O–H groups in total. The second kappa shape index (κ2) is 6.57. The molecule has 0 aliphatic rings. The number of phenolic OH excluding ortho intramolecular Hbond substituents is 1. The summed E-state index contributed by atoms with van der Waals surface area (Å²) in [6.07, 6.45) is 0. The van der Waals surface area contributed by atoms with E-state index in [1.807, 2.05) is 0 Å². The highest BCUT2D eigenvalue weighted by molar-refractivity contribution is 6.07. The predicted octanol–water partition coefficient (Wildman–Crippen LogP) is 2.37. The number of rotatable bonds is 5. The molecule has 128 valence electrons. The summed E-state index contributed by atoms with van der Waals surface area (Å²) in [6.45, 7) is 0. The van der Waals surface area contributed by atoms with Gasteiger partial charge in [0, 0.05) is 23.9 Å². The Kier molecular flexibility index (Phi) is 4.54. The molecular weight excluding hydrogens is 340 g/mol. The molecule has 0 aliphatic carbocycles. The standard InChI is InChI=1S/C13H8N4O8/c18-12-10(5-9(16(22)23)6-11(12)17(24)25)13(19)14-7-1-3-8(4-2-7)15(20)21/h1-6,18H,(H,14,19). The summed E-state index contributed by atoms with van der Waals surface area (Å²) in [5.41, 5.74) is -2.57. The Morgan fingerprint density at radius 3 is 1.92 bits per heavy atom. The summed E-state index contributed by atoms with van der Waals surface area (Å²) < 4.78 is 0. The Balaban J connectivity index is 2.39. The number of amides is 1. The first-order valence-electron chi connectivity index (χ1n) is 6.42. The van der Waals surface area contributed by atoms with Crippen LogP contribution in [0.2, 0.25) is 0 Å². The van der Waals surface area contributed by atoms with Crippen molar-refractivity contribution < 1.29 is 24.7 Å². The highest BCUT2D eigenvalue weighted by Gasteiger charge is 2.27. The van der Waals surface area contributed by atoms with E-state index in [0.29, 0.717) is 12.1 Å². The Hall–Kier alpha value is -4.09. The van der Waals surface area contributed by atoms with Crippen LogP contribution in [-0.4, -0.2) is 25.8 Å². The van der Waals surface area contributed by atoms with Crippen LogP contribution in [0.5, 0.6) is 5.75 Å². The minimum Gasteiger partial charge on any atom is -0.502 e. The molecule has 0 unspecified atom stereocenters. The third-order valence-electron chi connectivity index (χ3n) is 3.06. The summed E-state index contributed by atoms with van der Waals surface area (Å²) >= 11 is 0. The van der Waals surface area contributed by atoms with E-state index in [9.17, 15) is 40.2 Å². The Morgan fingerprint density at radius 2 is 1.44 bits per heavy atom. The predicted molar refractivity (Wildman–Crippen MR) is 82.5 cm³/mol. The van der Waals surface area contributed by atoms with Crippen molar-refractivity contribution in [3.63, 3.8) is 0 Å². The smallest absolute Gasteiger partial charge is 0.318 e. The molecule has 0 radical (unpaired) electrons. The quantitative estimate of drug-likeness (QED) is 0.610. The molecule has 0 aliphatic heterocycles. The molecule has 12 nitrogen and oxygen atoms in total. The molecule has 0 bridgehead atoms. The molecule has 0 heterocycles. The fourth-order valence-corrected chi connectivity index (χ4v) is 1.89. The van der Waals surface area contributed by atoms with Gasteiger partial charge in [0.2, 0.25) is 5.75 Å². The molecule has 12 heteroatoms. The number of carbonyl (C=O) groups is 1. The fourth-order valence-electron chi connectivity index (χ4n) is 1.89. The van der Waals surface area contributed by atoms with Crippen LogP contribution in [0, 0.1) is 30.3 Å². The van der Waals surface area contributed by atoms with Gasteiger partial charge in [-0.3, -0.25) is 35.1 Å². The SMILES string of the molecule is O=C(Nc1ccc([N+](=O)[O-])cc1)c1cc([N+](=O)[O-])cc([N+](=O)[O-])c1O.